The highest BCUT2D eigenvalue weighted by Gasteiger charge is 2.21. The first-order valence-corrected chi connectivity index (χ1v) is 5.69. The van der Waals surface area contributed by atoms with Crippen LogP contribution < -0.4 is 5.73 Å². The Kier molecular flexibility index (Phi) is 4.27. The molecule has 0 bridgehead atoms. The van der Waals surface area contributed by atoms with Crippen molar-refractivity contribution < 1.29 is 4.52 Å². The standard InChI is InChI=1S/C11H21N3O/c1-5-7(3)9(12)11-13-10(14-15-11)8(4)6-2/h7-9H,5-6,12H2,1-4H3/t7?,8?,9-/m0/s1. The Morgan fingerprint density at radius 1 is 1.27 bits per heavy atom. The van der Waals surface area contributed by atoms with E-state index in [9.17, 15) is 0 Å². The third-order valence-corrected chi connectivity index (χ3v) is 3.05. The van der Waals surface area contributed by atoms with Crippen LogP contribution in [0, 0.1) is 5.92 Å². The molecule has 1 heterocycles. The second kappa shape index (κ2) is 5.26. The lowest BCUT2D eigenvalue weighted by atomic mass is 10.0. The zero-order valence-corrected chi connectivity index (χ0v) is 10.0. The SMILES string of the molecule is CCC(C)c1noc([C@@H](N)C(C)CC)n1. The van der Waals surface area contributed by atoms with Crippen LogP contribution in [0.1, 0.15) is 64.2 Å². The second-order valence-electron chi connectivity index (χ2n) is 4.21. The molecule has 86 valence electrons. The molecule has 0 aliphatic heterocycles. The van der Waals surface area contributed by atoms with Crippen LogP contribution in [0.25, 0.3) is 0 Å². The first-order valence-electron chi connectivity index (χ1n) is 5.69. The molecule has 3 atom stereocenters. The van der Waals surface area contributed by atoms with E-state index in [-0.39, 0.29) is 6.04 Å². The van der Waals surface area contributed by atoms with Crippen LogP contribution in [0.15, 0.2) is 4.52 Å². The monoisotopic (exact) mass is 211 g/mol. The molecule has 2 N–H and O–H groups in total. The molecule has 0 radical (unpaired) electrons. The van der Waals surface area contributed by atoms with Gasteiger partial charge in [0.15, 0.2) is 5.82 Å². The Labute approximate surface area is 91.2 Å². The Morgan fingerprint density at radius 3 is 2.47 bits per heavy atom. The van der Waals surface area contributed by atoms with E-state index in [4.69, 9.17) is 10.3 Å². The molecule has 0 aliphatic rings. The average molecular weight is 211 g/mol. The molecule has 1 aromatic heterocycles. The van der Waals surface area contributed by atoms with Gasteiger partial charge in [0.2, 0.25) is 5.89 Å². The molecule has 1 rings (SSSR count). The van der Waals surface area contributed by atoms with Gasteiger partial charge in [0, 0.05) is 5.92 Å². The number of nitrogens with zero attached hydrogens (tertiary/aromatic N) is 2. The van der Waals surface area contributed by atoms with Crippen LogP contribution in [0.5, 0.6) is 0 Å². The quantitative estimate of drug-likeness (QED) is 0.813. The molecule has 2 unspecified atom stereocenters. The minimum absolute atomic E-state index is 0.139. The van der Waals surface area contributed by atoms with Crippen molar-refractivity contribution in [2.45, 2.75) is 52.5 Å². The normalized spacial score (nSPS) is 17.4. The Balaban J connectivity index is 2.75. The number of rotatable bonds is 5. The summed E-state index contributed by atoms with van der Waals surface area (Å²) in [7, 11) is 0. The molecule has 15 heavy (non-hydrogen) atoms. The third kappa shape index (κ3) is 2.78. The maximum Gasteiger partial charge on any atom is 0.243 e. The summed E-state index contributed by atoms with van der Waals surface area (Å²) in [5.74, 6) is 2.05. The topological polar surface area (TPSA) is 64.9 Å². The number of aromatic nitrogens is 2. The van der Waals surface area contributed by atoms with E-state index in [0.717, 1.165) is 18.7 Å². The van der Waals surface area contributed by atoms with E-state index >= 15 is 0 Å². The molecule has 0 aliphatic carbocycles. The molecule has 0 saturated carbocycles. The third-order valence-electron chi connectivity index (χ3n) is 3.05. The van der Waals surface area contributed by atoms with Gasteiger partial charge in [0.1, 0.15) is 0 Å². The van der Waals surface area contributed by atoms with E-state index < -0.39 is 0 Å². The summed E-state index contributed by atoms with van der Waals surface area (Å²) in [4.78, 5) is 4.35. The van der Waals surface area contributed by atoms with Gasteiger partial charge in [-0.05, 0) is 12.3 Å². The van der Waals surface area contributed by atoms with Crippen LogP contribution in [-0.4, -0.2) is 10.1 Å². The van der Waals surface area contributed by atoms with E-state index in [1.165, 1.54) is 0 Å². The summed E-state index contributed by atoms with van der Waals surface area (Å²) in [5.41, 5.74) is 6.01. The Bertz CT molecular complexity index is 298. The Morgan fingerprint density at radius 2 is 1.93 bits per heavy atom. The van der Waals surface area contributed by atoms with Gasteiger partial charge in [-0.1, -0.05) is 39.3 Å². The molecule has 1 aromatic rings. The highest BCUT2D eigenvalue weighted by molar-refractivity contribution is 4.97. The fourth-order valence-corrected chi connectivity index (χ4v) is 1.26. The highest BCUT2D eigenvalue weighted by atomic mass is 16.5. The van der Waals surface area contributed by atoms with Crippen LogP contribution >= 0.6 is 0 Å². The van der Waals surface area contributed by atoms with Gasteiger partial charge < -0.3 is 10.3 Å². The average Bonchev–Trinajstić information content (AvgIpc) is 2.75. The van der Waals surface area contributed by atoms with Gasteiger partial charge in [-0.2, -0.15) is 4.98 Å². The first-order chi connectivity index (χ1) is 7.10. The van der Waals surface area contributed by atoms with Crippen molar-refractivity contribution in [1.82, 2.24) is 10.1 Å². The van der Waals surface area contributed by atoms with Crippen molar-refractivity contribution >= 4 is 0 Å². The van der Waals surface area contributed by atoms with Gasteiger partial charge in [-0.15, -0.1) is 0 Å². The molecule has 0 saturated heterocycles. The fraction of sp³-hybridized carbons (Fsp3) is 0.818. The van der Waals surface area contributed by atoms with Gasteiger partial charge in [-0.25, -0.2) is 0 Å². The maximum atomic E-state index is 6.01. The zero-order chi connectivity index (χ0) is 11.4. The van der Waals surface area contributed by atoms with Crippen LogP contribution in [0.4, 0.5) is 0 Å². The number of hydrogen-bond donors (Lipinski definition) is 1. The first kappa shape index (κ1) is 12.2. The molecule has 0 amide bonds. The summed E-state index contributed by atoms with van der Waals surface area (Å²) in [6.45, 7) is 8.40. The molecule has 4 heteroatoms. The second-order valence-corrected chi connectivity index (χ2v) is 4.21. The summed E-state index contributed by atoms with van der Waals surface area (Å²) in [6.07, 6.45) is 2.03. The smallest absolute Gasteiger partial charge is 0.243 e. The van der Waals surface area contributed by atoms with Crippen LogP contribution in [0.2, 0.25) is 0 Å². The van der Waals surface area contributed by atoms with Crippen LogP contribution in [-0.2, 0) is 0 Å². The lowest BCUT2D eigenvalue weighted by Crippen LogP contribution is -2.18. The predicted molar refractivity (Wildman–Crippen MR) is 59.4 cm³/mol. The zero-order valence-electron chi connectivity index (χ0n) is 10.0. The Hall–Kier alpha value is -0.900. The van der Waals surface area contributed by atoms with Gasteiger partial charge in [0.05, 0.1) is 6.04 Å². The molecule has 4 nitrogen and oxygen atoms in total. The van der Waals surface area contributed by atoms with E-state index in [0.29, 0.717) is 17.7 Å². The maximum absolute atomic E-state index is 6.01. The van der Waals surface area contributed by atoms with Gasteiger partial charge in [-0.3, -0.25) is 0 Å². The van der Waals surface area contributed by atoms with E-state index in [2.05, 4.69) is 37.8 Å². The highest BCUT2D eigenvalue weighted by Crippen LogP contribution is 2.22. The summed E-state index contributed by atoms with van der Waals surface area (Å²) < 4.78 is 5.19. The molecular formula is C11H21N3O. The number of hydrogen-bond acceptors (Lipinski definition) is 4. The van der Waals surface area contributed by atoms with Crippen LogP contribution in [0.3, 0.4) is 0 Å². The van der Waals surface area contributed by atoms with Crippen molar-refractivity contribution in [2.24, 2.45) is 11.7 Å². The fourth-order valence-electron chi connectivity index (χ4n) is 1.26. The molecule has 0 fully saturated rings. The van der Waals surface area contributed by atoms with Crippen molar-refractivity contribution in [1.29, 1.82) is 0 Å². The largest absolute Gasteiger partial charge is 0.338 e. The van der Waals surface area contributed by atoms with E-state index in [1.807, 2.05) is 0 Å². The lowest BCUT2D eigenvalue weighted by molar-refractivity contribution is 0.309. The minimum Gasteiger partial charge on any atom is -0.338 e. The van der Waals surface area contributed by atoms with E-state index in [1.54, 1.807) is 0 Å². The van der Waals surface area contributed by atoms with Gasteiger partial charge in [0.25, 0.3) is 0 Å². The summed E-state index contributed by atoms with van der Waals surface area (Å²) >= 11 is 0. The number of nitrogens with two attached hydrogens (primary N) is 1. The summed E-state index contributed by atoms with van der Waals surface area (Å²) in [5, 5.41) is 3.96. The molecular weight excluding hydrogens is 190 g/mol. The predicted octanol–water partition coefficient (Wildman–Crippen LogP) is 2.63. The molecule has 0 aromatic carbocycles. The van der Waals surface area contributed by atoms with Crippen molar-refractivity contribution in [3.63, 3.8) is 0 Å². The lowest BCUT2D eigenvalue weighted by Gasteiger charge is -2.13. The summed E-state index contributed by atoms with van der Waals surface area (Å²) in [6, 6.07) is -0.139. The minimum atomic E-state index is -0.139. The van der Waals surface area contributed by atoms with Gasteiger partial charge >= 0.3 is 0 Å². The molecule has 0 spiro atoms. The van der Waals surface area contributed by atoms with Crippen molar-refractivity contribution in [3.05, 3.63) is 11.7 Å². The van der Waals surface area contributed by atoms with Crippen molar-refractivity contribution in [3.8, 4) is 0 Å². The van der Waals surface area contributed by atoms with Crippen molar-refractivity contribution in [2.75, 3.05) is 0 Å².